The summed E-state index contributed by atoms with van der Waals surface area (Å²) in [7, 11) is 1.68. The minimum atomic E-state index is -0.175. The predicted molar refractivity (Wildman–Crippen MR) is 64.7 cm³/mol. The molecule has 0 radical (unpaired) electrons. The third-order valence-corrected chi connectivity index (χ3v) is 2.38. The van der Waals surface area contributed by atoms with Crippen molar-refractivity contribution in [3.8, 4) is 5.75 Å². The number of amides is 2. The lowest BCUT2D eigenvalue weighted by Crippen LogP contribution is -2.37. The van der Waals surface area contributed by atoms with Crippen molar-refractivity contribution >= 4 is 6.03 Å². The lowest BCUT2D eigenvalue weighted by molar-refractivity contribution is 0.201. The molecular weight excluding hydrogens is 220 g/mol. The van der Waals surface area contributed by atoms with Gasteiger partial charge >= 0.3 is 6.03 Å². The number of hydrogen-bond acceptors (Lipinski definition) is 3. The fourth-order valence-corrected chi connectivity index (χ4v) is 1.34. The zero-order chi connectivity index (χ0) is 12.7. The first-order valence-corrected chi connectivity index (χ1v) is 5.51. The first-order chi connectivity index (χ1) is 8.13. The molecule has 0 spiro atoms. The molecule has 0 aliphatic carbocycles. The molecule has 0 atom stereocenters. The number of nitrogens with one attached hydrogen (secondary N) is 1. The summed E-state index contributed by atoms with van der Waals surface area (Å²) in [6.45, 7) is 1.02. The number of rotatable bonds is 5. The molecule has 0 fully saturated rings. The maximum atomic E-state index is 11.6. The molecule has 17 heavy (non-hydrogen) atoms. The van der Waals surface area contributed by atoms with Crippen molar-refractivity contribution in [2.24, 2.45) is 0 Å². The predicted octanol–water partition coefficient (Wildman–Crippen LogP) is 0.916. The smallest absolute Gasteiger partial charge is 0.317 e. The highest BCUT2D eigenvalue weighted by Crippen LogP contribution is 2.09. The Kier molecular flexibility index (Phi) is 5.29. The molecule has 0 bridgehead atoms. The van der Waals surface area contributed by atoms with Gasteiger partial charge in [-0.2, -0.15) is 0 Å². The Labute approximate surface area is 101 Å². The summed E-state index contributed by atoms with van der Waals surface area (Å²) < 4.78 is 0. The van der Waals surface area contributed by atoms with Crippen molar-refractivity contribution in [3.05, 3.63) is 29.8 Å². The van der Waals surface area contributed by atoms with E-state index in [2.05, 4.69) is 5.32 Å². The van der Waals surface area contributed by atoms with Crippen LogP contribution in [0.4, 0.5) is 4.79 Å². The molecule has 5 heteroatoms. The average molecular weight is 238 g/mol. The van der Waals surface area contributed by atoms with Crippen LogP contribution in [0.25, 0.3) is 0 Å². The zero-order valence-corrected chi connectivity index (χ0v) is 9.89. The van der Waals surface area contributed by atoms with Crippen LogP contribution in [0.3, 0.4) is 0 Å². The van der Waals surface area contributed by atoms with Gasteiger partial charge < -0.3 is 20.4 Å². The summed E-state index contributed by atoms with van der Waals surface area (Å²) in [6, 6.07) is 6.49. The summed E-state index contributed by atoms with van der Waals surface area (Å²) in [6.07, 6.45) is 0.573. The van der Waals surface area contributed by atoms with Crippen LogP contribution >= 0.6 is 0 Å². The first-order valence-electron chi connectivity index (χ1n) is 5.51. The summed E-state index contributed by atoms with van der Waals surface area (Å²) in [5, 5.41) is 20.5. The molecule has 3 N–H and O–H groups in total. The Hall–Kier alpha value is -1.75. The standard InChI is InChI=1S/C12H18N2O3/c1-14(7-2-8-15)12(17)13-9-10-3-5-11(16)6-4-10/h3-6,15-16H,2,7-9H2,1H3,(H,13,17). The van der Waals surface area contributed by atoms with Crippen molar-refractivity contribution < 1.29 is 15.0 Å². The summed E-state index contributed by atoms with van der Waals surface area (Å²) in [5.41, 5.74) is 0.923. The Balaban J connectivity index is 2.34. The van der Waals surface area contributed by atoms with Gasteiger partial charge in [0.1, 0.15) is 5.75 Å². The van der Waals surface area contributed by atoms with E-state index in [9.17, 15) is 4.79 Å². The van der Waals surface area contributed by atoms with Gasteiger partial charge in [-0.1, -0.05) is 12.1 Å². The number of phenols is 1. The normalized spacial score (nSPS) is 10.0. The number of aliphatic hydroxyl groups is 1. The number of urea groups is 1. The third kappa shape index (κ3) is 4.74. The highest BCUT2D eigenvalue weighted by atomic mass is 16.3. The number of aromatic hydroxyl groups is 1. The Morgan fingerprint density at radius 2 is 2.00 bits per heavy atom. The summed E-state index contributed by atoms with van der Waals surface area (Å²) >= 11 is 0. The topological polar surface area (TPSA) is 72.8 Å². The molecule has 0 aliphatic heterocycles. The first kappa shape index (κ1) is 13.3. The second-order valence-corrected chi connectivity index (χ2v) is 3.82. The van der Waals surface area contributed by atoms with E-state index in [0.29, 0.717) is 19.5 Å². The number of carbonyl (C=O) groups excluding carboxylic acids is 1. The number of benzene rings is 1. The van der Waals surface area contributed by atoms with E-state index in [1.54, 1.807) is 31.3 Å². The Morgan fingerprint density at radius 3 is 2.59 bits per heavy atom. The number of nitrogens with zero attached hydrogens (tertiary/aromatic N) is 1. The van der Waals surface area contributed by atoms with E-state index in [0.717, 1.165) is 5.56 Å². The SMILES string of the molecule is CN(CCCO)C(=O)NCc1ccc(O)cc1. The van der Waals surface area contributed by atoms with E-state index in [1.807, 2.05) is 0 Å². The molecule has 5 nitrogen and oxygen atoms in total. The minimum Gasteiger partial charge on any atom is -0.508 e. The highest BCUT2D eigenvalue weighted by Gasteiger charge is 2.06. The zero-order valence-electron chi connectivity index (χ0n) is 9.89. The van der Waals surface area contributed by atoms with Crippen LogP contribution in [0, 0.1) is 0 Å². The molecule has 1 aromatic rings. The van der Waals surface area contributed by atoms with Crippen LogP contribution in [0.1, 0.15) is 12.0 Å². The minimum absolute atomic E-state index is 0.0790. The van der Waals surface area contributed by atoms with Crippen LogP contribution in [0.15, 0.2) is 24.3 Å². The van der Waals surface area contributed by atoms with Gasteiger partial charge in [0, 0.05) is 26.7 Å². The van der Waals surface area contributed by atoms with Gasteiger partial charge in [0.2, 0.25) is 0 Å². The van der Waals surface area contributed by atoms with Gasteiger partial charge in [0.05, 0.1) is 0 Å². The second-order valence-electron chi connectivity index (χ2n) is 3.82. The maximum absolute atomic E-state index is 11.6. The van der Waals surface area contributed by atoms with Crippen molar-refractivity contribution in [2.45, 2.75) is 13.0 Å². The van der Waals surface area contributed by atoms with E-state index in [1.165, 1.54) is 4.90 Å². The van der Waals surface area contributed by atoms with Crippen molar-refractivity contribution in [1.82, 2.24) is 10.2 Å². The van der Waals surface area contributed by atoms with Gasteiger partial charge in [-0.3, -0.25) is 0 Å². The largest absolute Gasteiger partial charge is 0.508 e. The van der Waals surface area contributed by atoms with E-state index in [-0.39, 0.29) is 18.4 Å². The van der Waals surface area contributed by atoms with Crippen molar-refractivity contribution in [3.63, 3.8) is 0 Å². The molecular formula is C12H18N2O3. The molecule has 94 valence electrons. The van der Waals surface area contributed by atoms with Crippen LogP contribution < -0.4 is 5.32 Å². The maximum Gasteiger partial charge on any atom is 0.317 e. The number of carbonyl (C=O) groups is 1. The molecule has 0 heterocycles. The van der Waals surface area contributed by atoms with Gasteiger partial charge in [0.15, 0.2) is 0 Å². The van der Waals surface area contributed by atoms with Gasteiger partial charge in [-0.05, 0) is 24.1 Å². The molecule has 0 unspecified atom stereocenters. The molecule has 2 amide bonds. The van der Waals surface area contributed by atoms with Gasteiger partial charge in [-0.15, -0.1) is 0 Å². The lowest BCUT2D eigenvalue weighted by atomic mass is 10.2. The quantitative estimate of drug-likeness (QED) is 0.714. The average Bonchev–Trinajstić information content (AvgIpc) is 2.34. The van der Waals surface area contributed by atoms with Crippen LogP contribution in [0.2, 0.25) is 0 Å². The van der Waals surface area contributed by atoms with Crippen LogP contribution in [-0.4, -0.2) is 41.3 Å². The summed E-state index contributed by atoms with van der Waals surface area (Å²) in [4.78, 5) is 13.1. The van der Waals surface area contributed by atoms with E-state index < -0.39 is 0 Å². The number of phenolic OH excluding ortho intramolecular Hbond substituents is 1. The Morgan fingerprint density at radius 1 is 1.35 bits per heavy atom. The fraction of sp³-hybridized carbons (Fsp3) is 0.417. The van der Waals surface area contributed by atoms with Crippen molar-refractivity contribution in [2.75, 3.05) is 20.2 Å². The van der Waals surface area contributed by atoms with E-state index in [4.69, 9.17) is 10.2 Å². The monoisotopic (exact) mass is 238 g/mol. The van der Waals surface area contributed by atoms with Crippen LogP contribution in [0.5, 0.6) is 5.75 Å². The number of hydrogen-bond donors (Lipinski definition) is 3. The van der Waals surface area contributed by atoms with E-state index >= 15 is 0 Å². The lowest BCUT2D eigenvalue weighted by Gasteiger charge is -2.17. The van der Waals surface area contributed by atoms with Gasteiger partial charge in [0.25, 0.3) is 0 Å². The fourth-order valence-electron chi connectivity index (χ4n) is 1.34. The summed E-state index contributed by atoms with van der Waals surface area (Å²) in [5.74, 6) is 0.208. The Bertz CT molecular complexity index is 351. The molecule has 1 rings (SSSR count). The highest BCUT2D eigenvalue weighted by molar-refractivity contribution is 5.73. The molecule has 0 aromatic heterocycles. The third-order valence-electron chi connectivity index (χ3n) is 2.38. The number of aliphatic hydroxyl groups excluding tert-OH is 1. The van der Waals surface area contributed by atoms with Crippen LogP contribution in [-0.2, 0) is 6.54 Å². The molecule has 0 aliphatic rings. The molecule has 0 saturated heterocycles. The van der Waals surface area contributed by atoms with Crippen molar-refractivity contribution in [1.29, 1.82) is 0 Å². The van der Waals surface area contributed by atoms with Gasteiger partial charge in [-0.25, -0.2) is 4.79 Å². The molecule has 0 saturated carbocycles. The second kappa shape index (κ2) is 6.75. The molecule has 1 aromatic carbocycles.